The average molecular weight is 529 g/mol. The van der Waals surface area contributed by atoms with Crippen molar-refractivity contribution in [2.75, 3.05) is 0 Å². The summed E-state index contributed by atoms with van der Waals surface area (Å²) < 4.78 is 6.03. The molecule has 0 unspecified atom stereocenters. The number of hydrogen-bond donors (Lipinski definition) is 0. The Morgan fingerprint density at radius 3 is 1.86 bits per heavy atom. The highest BCUT2D eigenvalue weighted by Crippen LogP contribution is 2.37. The Hall–Kier alpha value is -1.35. The van der Waals surface area contributed by atoms with Gasteiger partial charge in [0.25, 0.3) is 0 Å². The van der Waals surface area contributed by atoms with Gasteiger partial charge in [-0.05, 0) is 45.6 Å². The van der Waals surface area contributed by atoms with Gasteiger partial charge in [-0.3, -0.25) is 4.79 Å². The number of hydrogen-bond acceptors (Lipinski definition) is 2. The van der Waals surface area contributed by atoms with Crippen molar-refractivity contribution in [3.8, 4) is 0 Å². The summed E-state index contributed by atoms with van der Waals surface area (Å²) in [6.45, 7) is 15.4. The number of carbonyl (C=O) groups excluding carboxylic acids is 1. The molecule has 2 atom stereocenters. The lowest BCUT2D eigenvalue weighted by molar-refractivity contribution is -0.160. The molecule has 0 bridgehead atoms. The van der Waals surface area contributed by atoms with E-state index < -0.39 is 13.7 Å². The molecule has 0 spiro atoms. The van der Waals surface area contributed by atoms with Crippen LogP contribution < -0.4 is 5.19 Å². The van der Waals surface area contributed by atoms with E-state index in [1.165, 1.54) is 82.2 Å². The second-order valence-electron chi connectivity index (χ2n) is 12.6. The van der Waals surface area contributed by atoms with E-state index >= 15 is 0 Å². The maximum absolute atomic E-state index is 13.6. The van der Waals surface area contributed by atoms with Gasteiger partial charge in [-0.2, -0.15) is 0 Å². The fraction of sp³-hybridized carbons (Fsp3) is 0.735. The van der Waals surface area contributed by atoms with E-state index in [1.54, 1.807) is 0 Å². The van der Waals surface area contributed by atoms with Crippen LogP contribution in [-0.2, 0) is 9.53 Å². The van der Waals surface area contributed by atoms with Gasteiger partial charge in [0.05, 0.1) is 14.0 Å². The molecule has 1 aromatic rings. The summed E-state index contributed by atoms with van der Waals surface area (Å²) in [7, 11) is -1.96. The van der Waals surface area contributed by atoms with Crippen LogP contribution in [0.15, 0.2) is 42.5 Å². The predicted molar refractivity (Wildman–Crippen MR) is 166 cm³/mol. The second-order valence-corrected chi connectivity index (χ2v) is 17.3. The Kier molecular flexibility index (Phi) is 17.1. The van der Waals surface area contributed by atoms with Gasteiger partial charge < -0.3 is 4.74 Å². The highest BCUT2D eigenvalue weighted by molar-refractivity contribution is 6.91. The summed E-state index contributed by atoms with van der Waals surface area (Å²) in [5, 5.41) is 1.43. The summed E-state index contributed by atoms with van der Waals surface area (Å²) in [6.07, 6.45) is 23.8. The van der Waals surface area contributed by atoms with Gasteiger partial charge in [-0.15, -0.1) is 0 Å². The first-order chi connectivity index (χ1) is 17.6. The van der Waals surface area contributed by atoms with E-state index in [9.17, 15) is 4.79 Å². The minimum Gasteiger partial charge on any atom is -0.460 e. The zero-order valence-corrected chi connectivity index (χ0v) is 26.6. The average Bonchev–Trinajstić information content (AvgIpc) is 2.85. The molecule has 1 aromatic carbocycles. The van der Waals surface area contributed by atoms with Crippen molar-refractivity contribution in [1.29, 1.82) is 0 Å². The van der Waals surface area contributed by atoms with Gasteiger partial charge in [-0.25, -0.2) is 0 Å². The van der Waals surface area contributed by atoms with Crippen molar-refractivity contribution >= 4 is 19.2 Å². The first kappa shape index (κ1) is 33.7. The summed E-state index contributed by atoms with van der Waals surface area (Å²) in [6, 6.07) is 10.9. The normalized spacial score (nSPS) is 14.1. The molecule has 0 aromatic heterocycles. The SMILES string of the molecule is CCCCCCCCCCC/C=C/[C@@H]([C@H](CCCCCC)C(=O)OC(C)(C)C)[Si](C)(C)c1ccccc1. The number of allylic oxidation sites excluding steroid dienone is 2. The topological polar surface area (TPSA) is 26.3 Å². The molecular formula is C34H60O2Si. The smallest absolute Gasteiger partial charge is 0.309 e. The number of ether oxygens (including phenoxy) is 1. The lowest BCUT2D eigenvalue weighted by Gasteiger charge is -2.37. The third kappa shape index (κ3) is 14.4. The Morgan fingerprint density at radius 2 is 1.32 bits per heavy atom. The van der Waals surface area contributed by atoms with E-state index in [0.29, 0.717) is 0 Å². The molecule has 0 N–H and O–H groups in total. The fourth-order valence-corrected chi connectivity index (χ4v) is 8.73. The van der Waals surface area contributed by atoms with Gasteiger partial charge in [0.2, 0.25) is 0 Å². The molecule has 0 fully saturated rings. The van der Waals surface area contributed by atoms with Gasteiger partial charge in [0.1, 0.15) is 5.60 Å². The Labute approximate surface area is 232 Å². The van der Waals surface area contributed by atoms with Gasteiger partial charge in [0.15, 0.2) is 0 Å². The predicted octanol–water partition coefficient (Wildman–Crippen LogP) is 10.4. The quantitative estimate of drug-likeness (QED) is 0.0728. The summed E-state index contributed by atoms with van der Waals surface area (Å²) in [5.41, 5.74) is -0.216. The van der Waals surface area contributed by atoms with Crippen LogP contribution in [0.5, 0.6) is 0 Å². The first-order valence-electron chi connectivity index (χ1n) is 15.6. The van der Waals surface area contributed by atoms with Crippen LogP contribution in [0, 0.1) is 5.92 Å². The second kappa shape index (κ2) is 18.8. The van der Waals surface area contributed by atoms with Crippen LogP contribution in [0.1, 0.15) is 131 Å². The summed E-state index contributed by atoms with van der Waals surface area (Å²) in [4.78, 5) is 13.6. The van der Waals surface area contributed by atoms with E-state index in [-0.39, 0.29) is 17.4 Å². The number of unbranched alkanes of at least 4 members (excludes halogenated alkanes) is 12. The zero-order chi connectivity index (χ0) is 27.6. The Morgan fingerprint density at radius 1 is 0.811 bits per heavy atom. The van der Waals surface area contributed by atoms with E-state index in [1.807, 2.05) is 20.8 Å². The largest absolute Gasteiger partial charge is 0.460 e. The van der Waals surface area contributed by atoms with Gasteiger partial charge in [0, 0.05) is 0 Å². The van der Waals surface area contributed by atoms with Crippen LogP contribution >= 0.6 is 0 Å². The highest BCUT2D eigenvalue weighted by Gasteiger charge is 2.41. The molecule has 0 saturated carbocycles. The molecule has 2 nitrogen and oxygen atoms in total. The molecule has 212 valence electrons. The molecule has 0 saturated heterocycles. The van der Waals surface area contributed by atoms with Crippen molar-refractivity contribution in [2.24, 2.45) is 5.92 Å². The third-order valence-corrected chi connectivity index (χ3v) is 11.8. The lowest BCUT2D eigenvalue weighted by atomic mass is 9.95. The molecule has 3 heteroatoms. The maximum atomic E-state index is 13.6. The van der Waals surface area contributed by atoms with Crippen LogP contribution in [0.3, 0.4) is 0 Å². The summed E-state index contributed by atoms with van der Waals surface area (Å²) in [5.74, 6) is -0.0736. The monoisotopic (exact) mass is 528 g/mol. The molecule has 0 aliphatic heterocycles. The molecule has 0 aliphatic carbocycles. The number of rotatable bonds is 20. The van der Waals surface area contributed by atoms with Crippen molar-refractivity contribution < 1.29 is 9.53 Å². The third-order valence-electron chi connectivity index (χ3n) is 7.68. The lowest BCUT2D eigenvalue weighted by Crippen LogP contribution is -2.49. The number of carbonyl (C=O) groups is 1. The highest BCUT2D eigenvalue weighted by atomic mass is 28.3. The fourth-order valence-electron chi connectivity index (χ4n) is 5.37. The van der Waals surface area contributed by atoms with Crippen LogP contribution in [0.25, 0.3) is 0 Å². The summed E-state index contributed by atoms with van der Waals surface area (Å²) >= 11 is 0. The minimum absolute atomic E-state index is 0.00164. The van der Waals surface area contributed by atoms with Crippen LogP contribution in [0.2, 0.25) is 18.6 Å². The van der Waals surface area contributed by atoms with E-state index in [0.717, 1.165) is 19.3 Å². The van der Waals surface area contributed by atoms with Crippen LogP contribution in [0.4, 0.5) is 0 Å². The standard InChI is InChI=1S/C34H60O2Si/c1-8-10-12-14-15-16-17-18-19-20-25-29-32(37(6,7)30-26-22-21-23-27-30)31(28-24-13-11-9-2)33(35)36-34(3,4)5/h21-23,25-27,29,31-32H,8-20,24,28H2,1-7H3/b29-25+/t31-,32-/m0/s1. The molecule has 1 rings (SSSR count). The molecule has 0 radical (unpaired) electrons. The Balaban J connectivity index is 2.94. The molecule has 0 aliphatic rings. The van der Waals surface area contributed by atoms with Crippen molar-refractivity contribution in [3.63, 3.8) is 0 Å². The molecular weight excluding hydrogens is 468 g/mol. The zero-order valence-electron chi connectivity index (χ0n) is 25.6. The van der Waals surface area contributed by atoms with Crippen molar-refractivity contribution in [1.82, 2.24) is 0 Å². The number of esters is 1. The first-order valence-corrected chi connectivity index (χ1v) is 18.7. The molecule has 0 amide bonds. The minimum atomic E-state index is -1.96. The van der Waals surface area contributed by atoms with Crippen molar-refractivity contribution in [2.45, 2.75) is 155 Å². The molecule has 0 heterocycles. The van der Waals surface area contributed by atoms with E-state index in [4.69, 9.17) is 4.74 Å². The van der Waals surface area contributed by atoms with E-state index in [2.05, 4.69) is 69.4 Å². The van der Waals surface area contributed by atoms with Crippen molar-refractivity contribution in [3.05, 3.63) is 42.5 Å². The maximum Gasteiger partial charge on any atom is 0.309 e. The Bertz CT molecular complexity index is 732. The van der Waals surface area contributed by atoms with Gasteiger partial charge in [-0.1, -0.05) is 152 Å². The number of benzene rings is 1. The van der Waals surface area contributed by atoms with Gasteiger partial charge >= 0.3 is 5.97 Å². The molecule has 37 heavy (non-hydrogen) atoms. The van der Waals surface area contributed by atoms with Crippen LogP contribution in [-0.4, -0.2) is 19.6 Å².